The molecule has 2 aromatic heterocycles. The molecular formula is C20H22N4OS. The summed E-state index contributed by atoms with van der Waals surface area (Å²) in [5.41, 5.74) is 3.02. The standard InChI is InChI=1S/C20H22N4OS/c1-23(20(25)17-9-5-11-21-17)13-15-14-24(16-7-3-2-4-8-16)22-19(15)18-10-6-12-26-18/h2-4,6-8,10,12,14,17,21H,5,9,11,13H2,1H3. The fraction of sp³-hybridized carbons (Fsp3) is 0.300. The van der Waals surface area contributed by atoms with E-state index in [2.05, 4.69) is 16.8 Å². The van der Waals surface area contributed by atoms with Gasteiger partial charge < -0.3 is 10.2 Å². The van der Waals surface area contributed by atoms with E-state index in [1.165, 1.54) is 0 Å². The molecule has 134 valence electrons. The van der Waals surface area contributed by atoms with Crippen molar-refractivity contribution in [3.05, 3.63) is 59.6 Å². The van der Waals surface area contributed by atoms with Crippen LogP contribution in [-0.4, -0.2) is 40.2 Å². The van der Waals surface area contributed by atoms with Gasteiger partial charge in [0.1, 0.15) is 5.69 Å². The zero-order valence-corrected chi connectivity index (χ0v) is 15.6. The Hall–Kier alpha value is -2.44. The van der Waals surface area contributed by atoms with E-state index in [0.717, 1.165) is 41.2 Å². The molecule has 0 aliphatic carbocycles. The van der Waals surface area contributed by atoms with Gasteiger partial charge in [-0.1, -0.05) is 24.3 Å². The lowest BCUT2D eigenvalue weighted by Crippen LogP contribution is -2.41. The molecule has 26 heavy (non-hydrogen) atoms. The Morgan fingerprint density at radius 1 is 1.31 bits per heavy atom. The van der Waals surface area contributed by atoms with Gasteiger partial charge in [-0.05, 0) is 43.0 Å². The SMILES string of the molecule is CN(Cc1cn(-c2ccccc2)nc1-c1cccs1)C(=O)C1CCCN1. The third-order valence-corrected chi connectivity index (χ3v) is 5.58. The molecule has 1 aliphatic heterocycles. The van der Waals surface area contributed by atoms with E-state index in [9.17, 15) is 4.79 Å². The van der Waals surface area contributed by atoms with E-state index in [-0.39, 0.29) is 11.9 Å². The number of carbonyl (C=O) groups is 1. The number of aromatic nitrogens is 2. The molecule has 1 aliphatic rings. The Balaban J connectivity index is 1.63. The average molecular weight is 366 g/mol. The van der Waals surface area contributed by atoms with Gasteiger partial charge in [-0.3, -0.25) is 4.79 Å². The van der Waals surface area contributed by atoms with Crippen LogP contribution in [0.4, 0.5) is 0 Å². The van der Waals surface area contributed by atoms with Gasteiger partial charge in [-0.15, -0.1) is 11.3 Å². The molecular weight excluding hydrogens is 344 g/mol. The molecule has 1 amide bonds. The fourth-order valence-corrected chi connectivity index (χ4v) is 4.10. The van der Waals surface area contributed by atoms with Gasteiger partial charge in [0.05, 0.1) is 16.6 Å². The first-order valence-corrected chi connectivity index (χ1v) is 9.76. The lowest BCUT2D eigenvalue weighted by atomic mass is 10.1. The number of carbonyl (C=O) groups excluding carboxylic acids is 1. The van der Waals surface area contributed by atoms with Crippen molar-refractivity contribution < 1.29 is 4.79 Å². The lowest BCUT2D eigenvalue weighted by molar-refractivity contribution is -0.132. The van der Waals surface area contributed by atoms with Gasteiger partial charge in [0.15, 0.2) is 0 Å². The smallest absolute Gasteiger partial charge is 0.239 e. The molecule has 0 saturated carbocycles. The zero-order chi connectivity index (χ0) is 17.9. The van der Waals surface area contributed by atoms with Crippen molar-refractivity contribution in [2.24, 2.45) is 0 Å². The number of nitrogens with zero attached hydrogens (tertiary/aromatic N) is 3. The van der Waals surface area contributed by atoms with Crippen LogP contribution in [0.1, 0.15) is 18.4 Å². The van der Waals surface area contributed by atoms with Gasteiger partial charge in [0.25, 0.3) is 0 Å². The predicted molar refractivity (Wildman–Crippen MR) is 104 cm³/mol. The Morgan fingerprint density at radius 2 is 2.15 bits per heavy atom. The van der Waals surface area contributed by atoms with Gasteiger partial charge in [-0.2, -0.15) is 5.10 Å². The second kappa shape index (κ2) is 7.43. The Bertz CT molecular complexity index is 867. The summed E-state index contributed by atoms with van der Waals surface area (Å²) < 4.78 is 1.90. The van der Waals surface area contributed by atoms with Crippen LogP contribution in [0.15, 0.2) is 54.0 Å². The van der Waals surface area contributed by atoms with E-state index in [0.29, 0.717) is 6.54 Å². The van der Waals surface area contributed by atoms with E-state index in [1.54, 1.807) is 11.3 Å². The first-order chi connectivity index (χ1) is 12.7. The summed E-state index contributed by atoms with van der Waals surface area (Å²) in [6.45, 7) is 1.48. The molecule has 0 spiro atoms. The summed E-state index contributed by atoms with van der Waals surface area (Å²) in [6.07, 6.45) is 4.02. The molecule has 1 aromatic carbocycles. The van der Waals surface area contributed by atoms with Crippen LogP contribution in [0.3, 0.4) is 0 Å². The highest BCUT2D eigenvalue weighted by Crippen LogP contribution is 2.28. The van der Waals surface area contributed by atoms with Crippen LogP contribution in [0.2, 0.25) is 0 Å². The highest BCUT2D eigenvalue weighted by Gasteiger charge is 2.26. The summed E-state index contributed by atoms with van der Waals surface area (Å²) >= 11 is 1.67. The van der Waals surface area contributed by atoms with Crippen molar-refractivity contribution in [1.29, 1.82) is 0 Å². The quantitative estimate of drug-likeness (QED) is 0.754. The van der Waals surface area contributed by atoms with Crippen LogP contribution >= 0.6 is 11.3 Å². The monoisotopic (exact) mass is 366 g/mol. The fourth-order valence-electron chi connectivity index (χ4n) is 3.35. The molecule has 1 atom stereocenters. The van der Waals surface area contributed by atoms with Gasteiger partial charge in [0, 0.05) is 25.4 Å². The summed E-state index contributed by atoms with van der Waals surface area (Å²) in [5, 5.41) is 10.1. The van der Waals surface area contributed by atoms with Crippen LogP contribution < -0.4 is 5.32 Å². The number of rotatable bonds is 5. The molecule has 6 heteroatoms. The third kappa shape index (κ3) is 3.43. The summed E-state index contributed by atoms with van der Waals surface area (Å²) in [7, 11) is 1.88. The lowest BCUT2D eigenvalue weighted by Gasteiger charge is -2.21. The summed E-state index contributed by atoms with van der Waals surface area (Å²) in [6, 6.07) is 14.1. The average Bonchev–Trinajstić information content (AvgIpc) is 3.42. The van der Waals surface area contributed by atoms with Crippen LogP contribution in [0, 0.1) is 0 Å². The molecule has 0 bridgehead atoms. The Morgan fingerprint density at radius 3 is 2.85 bits per heavy atom. The number of hydrogen-bond donors (Lipinski definition) is 1. The van der Waals surface area contributed by atoms with Gasteiger partial charge >= 0.3 is 0 Å². The maximum absolute atomic E-state index is 12.7. The second-order valence-corrected chi connectivity index (χ2v) is 7.55. The molecule has 3 heterocycles. The Kier molecular flexibility index (Phi) is 4.86. The van der Waals surface area contributed by atoms with Gasteiger partial charge in [-0.25, -0.2) is 4.68 Å². The van der Waals surface area contributed by atoms with Crippen LogP contribution in [0.25, 0.3) is 16.3 Å². The highest BCUT2D eigenvalue weighted by atomic mass is 32.1. The molecule has 3 aromatic rings. The highest BCUT2D eigenvalue weighted by molar-refractivity contribution is 7.13. The van der Waals surface area contributed by atoms with Crippen molar-refractivity contribution in [3.63, 3.8) is 0 Å². The Labute approximate surface area is 157 Å². The van der Waals surface area contributed by atoms with Crippen molar-refractivity contribution in [2.75, 3.05) is 13.6 Å². The molecule has 1 fully saturated rings. The van der Waals surface area contributed by atoms with E-state index >= 15 is 0 Å². The minimum Gasteiger partial charge on any atom is -0.340 e. The maximum Gasteiger partial charge on any atom is 0.239 e. The topological polar surface area (TPSA) is 50.2 Å². The van der Waals surface area contributed by atoms with Gasteiger partial charge in [0.2, 0.25) is 5.91 Å². The van der Waals surface area contributed by atoms with Crippen LogP contribution in [-0.2, 0) is 11.3 Å². The molecule has 4 rings (SSSR count). The number of benzene rings is 1. The number of likely N-dealkylation sites (N-methyl/N-ethyl adjacent to an activating group) is 1. The van der Waals surface area contributed by atoms with Crippen molar-refractivity contribution >= 4 is 17.2 Å². The number of para-hydroxylation sites is 1. The maximum atomic E-state index is 12.7. The second-order valence-electron chi connectivity index (χ2n) is 6.60. The summed E-state index contributed by atoms with van der Waals surface area (Å²) in [4.78, 5) is 15.6. The van der Waals surface area contributed by atoms with E-state index in [4.69, 9.17) is 5.10 Å². The molecule has 1 unspecified atom stereocenters. The van der Waals surface area contributed by atoms with Crippen molar-refractivity contribution in [1.82, 2.24) is 20.0 Å². The number of hydrogen-bond acceptors (Lipinski definition) is 4. The zero-order valence-electron chi connectivity index (χ0n) is 14.8. The largest absolute Gasteiger partial charge is 0.340 e. The van der Waals surface area contributed by atoms with Crippen LogP contribution in [0.5, 0.6) is 0 Å². The third-order valence-electron chi connectivity index (χ3n) is 4.71. The van der Waals surface area contributed by atoms with E-state index < -0.39 is 0 Å². The molecule has 0 radical (unpaired) electrons. The van der Waals surface area contributed by atoms with Crippen molar-refractivity contribution in [3.8, 4) is 16.3 Å². The predicted octanol–water partition coefficient (Wildman–Crippen LogP) is 3.31. The first kappa shape index (κ1) is 17.0. The minimum atomic E-state index is -0.0469. The molecule has 1 N–H and O–H groups in total. The summed E-state index contributed by atoms with van der Waals surface area (Å²) in [5.74, 6) is 0.159. The number of nitrogens with one attached hydrogen (secondary N) is 1. The molecule has 5 nitrogen and oxygen atoms in total. The minimum absolute atomic E-state index is 0.0469. The first-order valence-electron chi connectivity index (χ1n) is 8.88. The normalized spacial score (nSPS) is 16.7. The number of amides is 1. The van der Waals surface area contributed by atoms with E-state index in [1.807, 2.05) is 59.2 Å². The number of thiophene rings is 1. The van der Waals surface area contributed by atoms with Crippen molar-refractivity contribution in [2.45, 2.75) is 25.4 Å². The molecule has 1 saturated heterocycles.